The van der Waals surface area contributed by atoms with Gasteiger partial charge in [0.05, 0.1) is 11.7 Å². The van der Waals surface area contributed by atoms with Crippen LogP contribution >= 0.6 is 0 Å². The van der Waals surface area contributed by atoms with E-state index >= 15 is 0 Å². The zero-order valence-corrected chi connectivity index (χ0v) is 11.9. The summed E-state index contributed by atoms with van der Waals surface area (Å²) in [4.78, 5) is 22.6. The molecule has 21 heavy (non-hydrogen) atoms. The second kappa shape index (κ2) is 7.08. The largest absolute Gasteiger partial charge is 0.491 e. The van der Waals surface area contributed by atoms with E-state index in [4.69, 9.17) is 19.9 Å². The van der Waals surface area contributed by atoms with Crippen molar-refractivity contribution in [3.63, 3.8) is 0 Å². The molecule has 1 aliphatic heterocycles. The van der Waals surface area contributed by atoms with Gasteiger partial charge in [0.2, 0.25) is 0 Å². The van der Waals surface area contributed by atoms with Crippen molar-refractivity contribution in [2.24, 2.45) is 5.73 Å². The highest BCUT2D eigenvalue weighted by molar-refractivity contribution is 5.92. The molecule has 1 aromatic carbocycles. The maximum atomic E-state index is 11.7. The molecule has 0 spiro atoms. The van der Waals surface area contributed by atoms with Crippen molar-refractivity contribution in [2.75, 3.05) is 13.2 Å². The fourth-order valence-electron chi connectivity index (χ4n) is 1.94. The topological polar surface area (TPSA) is 87.8 Å². The Kier molecular flexibility index (Phi) is 5.16. The van der Waals surface area contributed by atoms with Gasteiger partial charge in [-0.25, -0.2) is 4.79 Å². The predicted molar refractivity (Wildman–Crippen MR) is 75.0 cm³/mol. The Bertz CT molecular complexity index is 493. The van der Waals surface area contributed by atoms with Crippen LogP contribution in [-0.4, -0.2) is 37.3 Å². The summed E-state index contributed by atoms with van der Waals surface area (Å²) in [7, 11) is 0. The van der Waals surface area contributed by atoms with E-state index in [0.29, 0.717) is 17.9 Å². The first kappa shape index (κ1) is 15.3. The third kappa shape index (κ3) is 4.46. The number of hydrogen-bond donors (Lipinski definition) is 1. The number of ether oxygens (including phenoxy) is 3. The number of esters is 1. The van der Waals surface area contributed by atoms with Crippen LogP contribution in [0.15, 0.2) is 24.3 Å². The molecule has 6 heteroatoms. The quantitative estimate of drug-likeness (QED) is 0.798. The van der Waals surface area contributed by atoms with Gasteiger partial charge in [0, 0.05) is 6.61 Å². The molecule has 1 saturated heterocycles. The molecule has 6 nitrogen and oxygen atoms in total. The molecular formula is C15H19NO5. The average Bonchev–Trinajstić information content (AvgIpc) is 2.98. The predicted octanol–water partition coefficient (Wildman–Crippen LogP) is 1.27. The smallest absolute Gasteiger partial charge is 0.338 e. The lowest BCUT2D eigenvalue weighted by molar-refractivity contribution is -0.125. The Morgan fingerprint density at radius 2 is 2.10 bits per heavy atom. The van der Waals surface area contributed by atoms with Gasteiger partial charge in [-0.05, 0) is 44.0 Å². The van der Waals surface area contributed by atoms with Crippen LogP contribution in [0.4, 0.5) is 0 Å². The summed E-state index contributed by atoms with van der Waals surface area (Å²) in [5.74, 6) is -0.614. The van der Waals surface area contributed by atoms with Gasteiger partial charge in [-0.3, -0.25) is 4.79 Å². The second-order valence-corrected chi connectivity index (χ2v) is 4.92. The van der Waals surface area contributed by atoms with Crippen LogP contribution in [0.5, 0.6) is 5.75 Å². The van der Waals surface area contributed by atoms with E-state index < -0.39 is 18.0 Å². The molecule has 1 amide bonds. The molecule has 2 atom stereocenters. The van der Waals surface area contributed by atoms with Gasteiger partial charge in [-0.2, -0.15) is 0 Å². The van der Waals surface area contributed by atoms with Gasteiger partial charge < -0.3 is 19.9 Å². The van der Waals surface area contributed by atoms with Crippen molar-refractivity contribution < 1.29 is 23.8 Å². The summed E-state index contributed by atoms with van der Waals surface area (Å²) in [6, 6.07) is 6.53. The first-order valence-electron chi connectivity index (χ1n) is 6.91. The van der Waals surface area contributed by atoms with Crippen LogP contribution in [0.2, 0.25) is 0 Å². The molecule has 2 unspecified atom stereocenters. The molecule has 1 aromatic rings. The molecule has 0 aliphatic carbocycles. The van der Waals surface area contributed by atoms with Gasteiger partial charge in [0.15, 0.2) is 6.10 Å². The zero-order valence-electron chi connectivity index (χ0n) is 11.9. The van der Waals surface area contributed by atoms with Crippen LogP contribution in [-0.2, 0) is 14.3 Å². The highest BCUT2D eigenvalue weighted by atomic mass is 16.5. The zero-order chi connectivity index (χ0) is 15.2. The third-order valence-corrected chi connectivity index (χ3v) is 3.23. The summed E-state index contributed by atoms with van der Waals surface area (Å²) in [5.41, 5.74) is 5.38. The molecule has 1 aliphatic rings. The first-order valence-corrected chi connectivity index (χ1v) is 6.91. The van der Waals surface area contributed by atoms with Gasteiger partial charge in [0.25, 0.3) is 5.91 Å². The third-order valence-electron chi connectivity index (χ3n) is 3.23. The normalized spacial score (nSPS) is 19.0. The summed E-state index contributed by atoms with van der Waals surface area (Å²) < 4.78 is 16.0. The van der Waals surface area contributed by atoms with Crippen LogP contribution < -0.4 is 10.5 Å². The highest BCUT2D eigenvalue weighted by Gasteiger charge is 2.17. The van der Waals surface area contributed by atoms with Crippen molar-refractivity contribution >= 4 is 11.9 Å². The number of primary amides is 1. The number of carbonyl (C=O) groups excluding carboxylic acids is 2. The van der Waals surface area contributed by atoms with E-state index in [9.17, 15) is 9.59 Å². The van der Waals surface area contributed by atoms with Crippen LogP contribution in [0, 0.1) is 0 Å². The Hall–Kier alpha value is -2.08. The van der Waals surface area contributed by atoms with Crippen molar-refractivity contribution in [3.05, 3.63) is 29.8 Å². The molecular weight excluding hydrogens is 274 g/mol. The number of benzene rings is 1. The minimum atomic E-state index is -0.951. The van der Waals surface area contributed by atoms with Gasteiger partial charge >= 0.3 is 5.97 Å². The summed E-state index contributed by atoms with van der Waals surface area (Å²) in [6.07, 6.45) is 1.27. The lowest BCUT2D eigenvalue weighted by Gasteiger charge is -2.12. The molecule has 0 saturated carbocycles. The van der Waals surface area contributed by atoms with Crippen LogP contribution in [0.3, 0.4) is 0 Å². The highest BCUT2D eigenvalue weighted by Crippen LogP contribution is 2.17. The van der Waals surface area contributed by atoms with E-state index in [-0.39, 0.29) is 6.10 Å². The van der Waals surface area contributed by atoms with Crippen LogP contribution in [0.25, 0.3) is 0 Å². The maximum Gasteiger partial charge on any atom is 0.338 e. The summed E-state index contributed by atoms with van der Waals surface area (Å²) >= 11 is 0. The van der Waals surface area contributed by atoms with Crippen molar-refractivity contribution in [1.82, 2.24) is 0 Å². The van der Waals surface area contributed by atoms with E-state index in [1.54, 1.807) is 24.3 Å². The number of amides is 1. The van der Waals surface area contributed by atoms with Crippen molar-refractivity contribution in [2.45, 2.75) is 32.0 Å². The maximum absolute atomic E-state index is 11.7. The molecule has 2 N–H and O–H groups in total. The molecule has 0 bridgehead atoms. The van der Waals surface area contributed by atoms with Crippen LogP contribution in [0.1, 0.15) is 30.1 Å². The first-order chi connectivity index (χ1) is 10.1. The molecule has 0 radical (unpaired) electrons. The second-order valence-electron chi connectivity index (χ2n) is 4.92. The minimum Gasteiger partial charge on any atom is -0.491 e. The Labute approximate surface area is 123 Å². The van der Waals surface area contributed by atoms with E-state index in [0.717, 1.165) is 19.4 Å². The number of carbonyl (C=O) groups is 2. The minimum absolute atomic E-state index is 0.144. The van der Waals surface area contributed by atoms with Crippen molar-refractivity contribution in [1.29, 1.82) is 0 Å². The number of nitrogens with two attached hydrogens (primary N) is 1. The number of rotatable bonds is 6. The molecule has 114 valence electrons. The number of hydrogen-bond acceptors (Lipinski definition) is 5. The molecule has 1 heterocycles. The molecule has 1 fully saturated rings. The molecule has 0 aromatic heterocycles. The summed E-state index contributed by atoms with van der Waals surface area (Å²) in [6.45, 7) is 2.72. The van der Waals surface area contributed by atoms with E-state index in [1.165, 1.54) is 6.92 Å². The standard InChI is InChI=1S/C15H19NO5/c1-10(14(16)17)21-15(18)11-4-6-12(7-5-11)20-9-13-3-2-8-19-13/h4-7,10,13H,2-3,8-9H2,1H3,(H2,16,17). The fraction of sp³-hybridized carbons (Fsp3) is 0.467. The lowest BCUT2D eigenvalue weighted by Crippen LogP contribution is -2.30. The van der Waals surface area contributed by atoms with Gasteiger partial charge in [-0.1, -0.05) is 0 Å². The lowest BCUT2D eigenvalue weighted by atomic mass is 10.2. The SMILES string of the molecule is CC(OC(=O)c1ccc(OCC2CCCO2)cc1)C(N)=O. The fourth-order valence-corrected chi connectivity index (χ4v) is 1.94. The van der Waals surface area contributed by atoms with Gasteiger partial charge in [-0.15, -0.1) is 0 Å². The van der Waals surface area contributed by atoms with E-state index in [2.05, 4.69) is 0 Å². The summed E-state index contributed by atoms with van der Waals surface area (Å²) in [5, 5.41) is 0. The Balaban J connectivity index is 1.85. The molecule has 2 rings (SSSR count). The average molecular weight is 293 g/mol. The van der Waals surface area contributed by atoms with E-state index in [1.807, 2.05) is 0 Å². The monoisotopic (exact) mass is 293 g/mol. The van der Waals surface area contributed by atoms with Gasteiger partial charge in [0.1, 0.15) is 12.4 Å². The van der Waals surface area contributed by atoms with Crippen molar-refractivity contribution in [3.8, 4) is 5.75 Å². The Morgan fingerprint density at radius 3 is 2.67 bits per heavy atom. The Morgan fingerprint density at radius 1 is 1.38 bits per heavy atom.